The second kappa shape index (κ2) is 5.98. The van der Waals surface area contributed by atoms with Gasteiger partial charge in [0, 0.05) is 19.2 Å². The molecule has 1 aliphatic carbocycles. The van der Waals surface area contributed by atoms with Crippen LogP contribution in [0.1, 0.15) is 26.7 Å². The molecule has 0 spiro atoms. The number of hydrogen-bond donors (Lipinski definition) is 2. The van der Waals surface area contributed by atoms with Gasteiger partial charge >= 0.3 is 0 Å². The lowest BCUT2D eigenvalue weighted by molar-refractivity contribution is -0.120. The quantitative estimate of drug-likeness (QED) is 0.647. The summed E-state index contributed by atoms with van der Waals surface area (Å²) in [5.41, 5.74) is 0. The molecule has 1 aliphatic rings. The number of carbonyl (C=O) groups is 1. The average Bonchev–Trinajstić information content (AvgIpc) is 2.09. The van der Waals surface area contributed by atoms with Crippen LogP contribution in [0.4, 0.5) is 0 Å². The smallest absolute Gasteiger partial charge is 0.233 e. The SMILES string of the molecule is CCNC(=O)CNC1CC(OCC)C1. The molecule has 1 rings (SSSR count). The highest BCUT2D eigenvalue weighted by molar-refractivity contribution is 5.77. The fourth-order valence-electron chi connectivity index (χ4n) is 1.60. The zero-order valence-corrected chi connectivity index (χ0v) is 9.01. The fourth-order valence-corrected chi connectivity index (χ4v) is 1.60. The Kier molecular flexibility index (Phi) is 4.90. The van der Waals surface area contributed by atoms with Gasteiger partial charge in [-0.25, -0.2) is 0 Å². The monoisotopic (exact) mass is 200 g/mol. The first-order chi connectivity index (χ1) is 6.76. The van der Waals surface area contributed by atoms with Gasteiger partial charge in [0.25, 0.3) is 0 Å². The molecular weight excluding hydrogens is 180 g/mol. The minimum Gasteiger partial charge on any atom is -0.378 e. The Morgan fingerprint density at radius 1 is 1.43 bits per heavy atom. The van der Waals surface area contributed by atoms with E-state index in [1.165, 1.54) is 0 Å². The first kappa shape index (κ1) is 11.5. The van der Waals surface area contributed by atoms with Crippen LogP contribution >= 0.6 is 0 Å². The molecule has 0 aromatic rings. The molecule has 0 bridgehead atoms. The van der Waals surface area contributed by atoms with E-state index < -0.39 is 0 Å². The lowest BCUT2D eigenvalue weighted by Gasteiger charge is -2.35. The molecule has 0 radical (unpaired) electrons. The van der Waals surface area contributed by atoms with E-state index in [0.29, 0.717) is 25.2 Å². The number of carbonyl (C=O) groups excluding carboxylic acids is 1. The molecule has 82 valence electrons. The Bertz CT molecular complexity index is 179. The van der Waals surface area contributed by atoms with Crippen molar-refractivity contribution in [1.82, 2.24) is 10.6 Å². The van der Waals surface area contributed by atoms with E-state index in [1.54, 1.807) is 0 Å². The molecule has 0 saturated heterocycles. The van der Waals surface area contributed by atoms with Gasteiger partial charge in [-0.15, -0.1) is 0 Å². The largest absolute Gasteiger partial charge is 0.378 e. The molecule has 14 heavy (non-hydrogen) atoms. The van der Waals surface area contributed by atoms with Crippen LogP contribution in [0.25, 0.3) is 0 Å². The zero-order valence-electron chi connectivity index (χ0n) is 9.01. The van der Waals surface area contributed by atoms with E-state index >= 15 is 0 Å². The fraction of sp³-hybridized carbons (Fsp3) is 0.900. The van der Waals surface area contributed by atoms with Gasteiger partial charge in [-0.3, -0.25) is 4.79 Å². The lowest BCUT2D eigenvalue weighted by Crippen LogP contribution is -2.48. The summed E-state index contributed by atoms with van der Waals surface area (Å²) < 4.78 is 5.42. The van der Waals surface area contributed by atoms with Crippen molar-refractivity contribution in [2.75, 3.05) is 19.7 Å². The first-order valence-corrected chi connectivity index (χ1v) is 5.38. The highest BCUT2D eigenvalue weighted by atomic mass is 16.5. The van der Waals surface area contributed by atoms with E-state index in [9.17, 15) is 4.79 Å². The predicted octanol–water partition coefficient (Wildman–Crippen LogP) is 0.280. The number of nitrogens with one attached hydrogen (secondary N) is 2. The van der Waals surface area contributed by atoms with Crippen LogP contribution in [0.2, 0.25) is 0 Å². The molecule has 0 aromatic carbocycles. The molecule has 0 atom stereocenters. The summed E-state index contributed by atoms with van der Waals surface area (Å²) in [7, 11) is 0. The van der Waals surface area contributed by atoms with Crippen molar-refractivity contribution in [2.45, 2.75) is 38.8 Å². The van der Waals surface area contributed by atoms with Gasteiger partial charge in [0.2, 0.25) is 5.91 Å². The van der Waals surface area contributed by atoms with Crippen molar-refractivity contribution in [1.29, 1.82) is 0 Å². The summed E-state index contributed by atoms with van der Waals surface area (Å²) in [6.45, 7) is 5.85. The summed E-state index contributed by atoms with van der Waals surface area (Å²) in [6, 6.07) is 0.467. The Labute approximate surface area is 85.4 Å². The molecule has 1 saturated carbocycles. The third kappa shape index (κ3) is 3.64. The number of hydrogen-bond acceptors (Lipinski definition) is 3. The van der Waals surface area contributed by atoms with E-state index in [-0.39, 0.29) is 5.91 Å². The minimum absolute atomic E-state index is 0.0763. The molecule has 0 aliphatic heterocycles. The Morgan fingerprint density at radius 3 is 2.71 bits per heavy atom. The molecule has 1 amide bonds. The van der Waals surface area contributed by atoms with Crippen molar-refractivity contribution in [3.8, 4) is 0 Å². The maximum atomic E-state index is 11.1. The summed E-state index contributed by atoms with van der Waals surface area (Å²) in [4.78, 5) is 11.1. The third-order valence-electron chi connectivity index (χ3n) is 2.42. The van der Waals surface area contributed by atoms with Gasteiger partial charge in [-0.2, -0.15) is 0 Å². The number of amides is 1. The summed E-state index contributed by atoms with van der Waals surface area (Å²) >= 11 is 0. The molecule has 4 heteroatoms. The van der Waals surface area contributed by atoms with E-state index in [4.69, 9.17) is 4.74 Å². The highest BCUT2D eigenvalue weighted by Crippen LogP contribution is 2.22. The minimum atomic E-state index is 0.0763. The van der Waals surface area contributed by atoms with Gasteiger partial charge in [0.05, 0.1) is 12.6 Å². The number of ether oxygens (including phenoxy) is 1. The normalized spacial score (nSPS) is 25.6. The van der Waals surface area contributed by atoms with Crippen LogP contribution in [0.15, 0.2) is 0 Å². The summed E-state index contributed by atoms with van der Waals surface area (Å²) in [5, 5.41) is 5.95. The van der Waals surface area contributed by atoms with Crippen LogP contribution < -0.4 is 10.6 Å². The van der Waals surface area contributed by atoms with Crippen LogP contribution in [-0.2, 0) is 9.53 Å². The Hall–Kier alpha value is -0.610. The van der Waals surface area contributed by atoms with Crippen molar-refractivity contribution in [2.24, 2.45) is 0 Å². The second-order valence-electron chi connectivity index (χ2n) is 3.58. The van der Waals surface area contributed by atoms with E-state index in [2.05, 4.69) is 10.6 Å². The maximum Gasteiger partial charge on any atom is 0.233 e. The molecule has 2 N–H and O–H groups in total. The molecule has 0 unspecified atom stereocenters. The Morgan fingerprint density at radius 2 is 2.14 bits per heavy atom. The molecular formula is C10H20N2O2. The van der Waals surface area contributed by atoms with Crippen molar-refractivity contribution >= 4 is 5.91 Å². The topological polar surface area (TPSA) is 50.4 Å². The van der Waals surface area contributed by atoms with Crippen LogP contribution in [-0.4, -0.2) is 37.7 Å². The van der Waals surface area contributed by atoms with Crippen LogP contribution in [0.3, 0.4) is 0 Å². The summed E-state index contributed by atoms with van der Waals surface area (Å²) in [5.74, 6) is 0.0763. The van der Waals surface area contributed by atoms with Crippen molar-refractivity contribution in [3.63, 3.8) is 0 Å². The van der Waals surface area contributed by atoms with Gasteiger partial charge in [0.1, 0.15) is 0 Å². The molecule has 4 nitrogen and oxygen atoms in total. The lowest BCUT2D eigenvalue weighted by atomic mass is 9.89. The first-order valence-electron chi connectivity index (χ1n) is 5.38. The van der Waals surface area contributed by atoms with Crippen molar-refractivity contribution in [3.05, 3.63) is 0 Å². The van der Waals surface area contributed by atoms with Crippen molar-refractivity contribution < 1.29 is 9.53 Å². The molecule has 0 aromatic heterocycles. The predicted molar refractivity (Wildman–Crippen MR) is 55.1 cm³/mol. The highest BCUT2D eigenvalue weighted by Gasteiger charge is 2.29. The van der Waals surface area contributed by atoms with Gasteiger partial charge < -0.3 is 15.4 Å². The molecule has 1 fully saturated rings. The van der Waals surface area contributed by atoms with Gasteiger partial charge in [-0.05, 0) is 26.7 Å². The van der Waals surface area contributed by atoms with Gasteiger partial charge in [-0.1, -0.05) is 0 Å². The van der Waals surface area contributed by atoms with Gasteiger partial charge in [0.15, 0.2) is 0 Å². The second-order valence-corrected chi connectivity index (χ2v) is 3.58. The number of rotatable bonds is 6. The standard InChI is InChI=1S/C10H20N2O2/c1-3-11-10(13)7-12-8-5-9(6-8)14-4-2/h8-9,12H,3-7H2,1-2H3,(H,11,13). The van der Waals surface area contributed by atoms with Crippen LogP contribution in [0.5, 0.6) is 0 Å². The average molecular weight is 200 g/mol. The van der Waals surface area contributed by atoms with E-state index in [0.717, 1.165) is 19.4 Å². The van der Waals surface area contributed by atoms with E-state index in [1.807, 2.05) is 13.8 Å². The number of likely N-dealkylation sites (N-methyl/N-ethyl adjacent to an activating group) is 1. The third-order valence-corrected chi connectivity index (χ3v) is 2.42. The van der Waals surface area contributed by atoms with Crippen LogP contribution in [0, 0.1) is 0 Å². The molecule has 0 heterocycles. The Balaban J connectivity index is 1.97. The zero-order chi connectivity index (χ0) is 10.4. The maximum absolute atomic E-state index is 11.1. The summed E-state index contributed by atoms with van der Waals surface area (Å²) in [6.07, 6.45) is 2.48.